The Morgan fingerprint density at radius 1 is 1.09 bits per heavy atom. The number of rotatable bonds is 5. The molecule has 1 N–H and O–H groups in total. The molecule has 2 aromatic carbocycles. The van der Waals surface area contributed by atoms with Crippen LogP contribution in [0.4, 0.5) is 0 Å². The van der Waals surface area contributed by atoms with E-state index < -0.39 is 0 Å². The summed E-state index contributed by atoms with van der Waals surface area (Å²) in [4.78, 5) is 12.1. The van der Waals surface area contributed by atoms with Crippen LogP contribution in [-0.2, 0) is 0 Å². The average molecular weight is 377 g/mol. The number of hydrogen-bond acceptors (Lipinski definition) is 4. The molecule has 0 unspecified atom stereocenters. The van der Waals surface area contributed by atoms with Crippen LogP contribution >= 0.6 is 15.9 Å². The van der Waals surface area contributed by atoms with E-state index in [2.05, 4.69) is 26.5 Å². The second-order valence-corrected chi connectivity index (χ2v) is 5.63. The van der Waals surface area contributed by atoms with Crippen molar-refractivity contribution in [2.45, 2.75) is 6.92 Å². The zero-order valence-corrected chi connectivity index (χ0v) is 14.7. The first kappa shape index (κ1) is 17.0. The highest BCUT2D eigenvalue weighted by Crippen LogP contribution is 2.25. The van der Waals surface area contributed by atoms with Gasteiger partial charge >= 0.3 is 0 Å². The number of carbonyl (C=O) groups is 1. The minimum atomic E-state index is -0.274. The summed E-state index contributed by atoms with van der Waals surface area (Å²) >= 11 is 3.33. The Morgan fingerprint density at radius 2 is 1.78 bits per heavy atom. The first-order chi connectivity index (χ1) is 11.0. The Balaban J connectivity index is 2.16. The van der Waals surface area contributed by atoms with Crippen LogP contribution < -0.4 is 14.9 Å². The van der Waals surface area contributed by atoms with Gasteiger partial charge in [-0.25, -0.2) is 5.43 Å². The van der Waals surface area contributed by atoms with E-state index in [0.717, 1.165) is 10.0 Å². The number of nitrogens with one attached hydrogen (secondary N) is 1. The van der Waals surface area contributed by atoms with Gasteiger partial charge in [0.1, 0.15) is 11.5 Å². The number of ether oxygens (including phenoxy) is 2. The Kier molecular flexibility index (Phi) is 5.76. The minimum absolute atomic E-state index is 0.274. The summed E-state index contributed by atoms with van der Waals surface area (Å²) in [5.74, 6) is 1.05. The van der Waals surface area contributed by atoms with Gasteiger partial charge in [0.25, 0.3) is 5.91 Å². The van der Waals surface area contributed by atoms with Gasteiger partial charge in [-0.1, -0.05) is 15.9 Å². The summed E-state index contributed by atoms with van der Waals surface area (Å²) < 4.78 is 11.4. The van der Waals surface area contributed by atoms with Crippen molar-refractivity contribution >= 4 is 27.5 Å². The maximum atomic E-state index is 12.1. The summed E-state index contributed by atoms with van der Waals surface area (Å²) in [5, 5.41) is 4.14. The molecule has 0 aliphatic carbocycles. The first-order valence-corrected chi connectivity index (χ1v) is 7.67. The Bertz CT molecular complexity index is 727. The van der Waals surface area contributed by atoms with Crippen LogP contribution in [0.5, 0.6) is 11.5 Å². The molecule has 0 fully saturated rings. The predicted octanol–water partition coefficient (Wildman–Crippen LogP) is 3.62. The number of carbonyl (C=O) groups excluding carboxylic acids is 1. The molecule has 2 rings (SSSR count). The lowest BCUT2D eigenvalue weighted by Gasteiger charge is -2.10. The topological polar surface area (TPSA) is 59.9 Å². The molecule has 1 amide bonds. The molecule has 2 aromatic rings. The molecular formula is C17H17BrN2O3. The average Bonchev–Trinajstić information content (AvgIpc) is 2.59. The summed E-state index contributed by atoms with van der Waals surface area (Å²) in [7, 11) is 3.17. The van der Waals surface area contributed by atoms with Crippen molar-refractivity contribution in [2.75, 3.05) is 14.2 Å². The van der Waals surface area contributed by atoms with E-state index in [1.54, 1.807) is 51.5 Å². The minimum Gasteiger partial charge on any atom is -0.497 e. The zero-order chi connectivity index (χ0) is 16.8. The summed E-state index contributed by atoms with van der Waals surface area (Å²) in [6.07, 6.45) is 0. The number of hydrazone groups is 1. The molecule has 0 bridgehead atoms. The van der Waals surface area contributed by atoms with Crippen LogP contribution in [0.1, 0.15) is 22.8 Å². The third-order valence-corrected chi connectivity index (χ3v) is 3.76. The van der Waals surface area contributed by atoms with E-state index in [1.165, 1.54) is 0 Å². The lowest BCUT2D eigenvalue weighted by atomic mass is 10.1. The SMILES string of the molecule is COc1ccc(/C(C)=N/NC(=O)c2ccc(Br)cc2)c(OC)c1. The van der Waals surface area contributed by atoms with E-state index in [1.807, 2.05) is 12.1 Å². The molecule has 0 aliphatic heterocycles. The molecule has 0 aliphatic rings. The molecule has 0 spiro atoms. The molecule has 0 heterocycles. The zero-order valence-electron chi connectivity index (χ0n) is 13.1. The molecule has 23 heavy (non-hydrogen) atoms. The van der Waals surface area contributed by atoms with E-state index in [0.29, 0.717) is 22.8 Å². The quantitative estimate of drug-likeness (QED) is 0.640. The molecule has 0 saturated heterocycles. The number of amides is 1. The molecule has 0 saturated carbocycles. The summed E-state index contributed by atoms with van der Waals surface area (Å²) in [5.41, 5.74) is 4.49. The van der Waals surface area contributed by atoms with Crippen molar-refractivity contribution in [2.24, 2.45) is 5.10 Å². The summed E-state index contributed by atoms with van der Waals surface area (Å²) in [6, 6.07) is 12.5. The highest BCUT2D eigenvalue weighted by molar-refractivity contribution is 9.10. The molecule has 0 atom stereocenters. The fourth-order valence-electron chi connectivity index (χ4n) is 1.96. The van der Waals surface area contributed by atoms with Crippen molar-refractivity contribution < 1.29 is 14.3 Å². The third-order valence-electron chi connectivity index (χ3n) is 3.23. The van der Waals surface area contributed by atoms with E-state index >= 15 is 0 Å². The maximum Gasteiger partial charge on any atom is 0.271 e. The van der Waals surface area contributed by atoms with Crippen molar-refractivity contribution in [1.29, 1.82) is 0 Å². The normalized spacial score (nSPS) is 11.0. The number of halogens is 1. The molecule has 6 heteroatoms. The van der Waals surface area contributed by atoms with Crippen molar-refractivity contribution in [1.82, 2.24) is 5.43 Å². The van der Waals surface area contributed by atoms with Gasteiger partial charge in [-0.15, -0.1) is 0 Å². The van der Waals surface area contributed by atoms with Gasteiger partial charge in [0.05, 0.1) is 19.9 Å². The largest absolute Gasteiger partial charge is 0.497 e. The number of hydrogen-bond donors (Lipinski definition) is 1. The van der Waals surface area contributed by atoms with Gasteiger partial charge in [0, 0.05) is 21.7 Å². The van der Waals surface area contributed by atoms with Gasteiger partial charge < -0.3 is 9.47 Å². The fourth-order valence-corrected chi connectivity index (χ4v) is 2.22. The van der Waals surface area contributed by atoms with Crippen LogP contribution in [-0.4, -0.2) is 25.8 Å². The second kappa shape index (κ2) is 7.78. The van der Waals surface area contributed by atoms with Crippen LogP contribution in [0.2, 0.25) is 0 Å². The van der Waals surface area contributed by atoms with Gasteiger partial charge in [0.2, 0.25) is 0 Å². The van der Waals surface area contributed by atoms with Crippen molar-refractivity contribution in [3.8, 4) is 11.5 Å². The predicted molar refractivity (Wildman–Crippen MR) is 93.4 cm³/mol. The Labute approximate surface area is 143 Å². The molecule has 0 radical (unpaired) electrons. The summed E-state index contributed by atoms with van der Waals surface area (Å²) in [6.45, 7) is 1.80. The molecule has 5 nitrogen and oxygen atoms in total. The molecule has 120 valence electrons. The third kappa shape index (κ3) is 4.32. The van der Waals surface area contributed by atoms with Crippen LogP contribution in [0.3, 0.4) is 0 Å². The van der Waals surface area contributed by atoms with Crippen LogP contribution in [0.15, 0.2) is 52.0 Å². The van der Waals surface area contributed by atoms with Gasteiger partial charge in [-0.3, -0.25) is 4.79 Å². The van der Waals surface area contributed by atoms with Gasteiger partial charge in [-0.2, -0.15) is 5.10 Å². The Morgan fingerprint density at radius 3 is 2.39 bits per heavy atom. The highest BCUT2D eigenvalue weighted by Gasteiger charge is 2.09. The number of benzene rings is 2. The lowest BCUT2D eigenvalue weighted by Crippen LogP contribution is -2.19. The van der Waals surface area contributed by atoms with Gasteiger partial charge in [0.15, 0.2) is 0 Å². The monoisotopic (exact) mass is 376 g/mol. The molecule has 0 aromatic heterocycles. The number of methoxy groups -OCH3 is 2. The maximum absolute atomic E-state index is 12.1. The Hall–Kier alpha value is -2.34. The van der Waals surface area contributed by atoms with E-state index in [-0.39, 0.29) is 5.91 Å². The van der Waals surface area contributed by atoms with Crippen LogP contribution in [0, 0.1) is 0 Å². The van der Waals surface area contributed by atoms with E-state index in [9.17, 15) is 4.79 Å². The van der Waals surface area contributed by atoms with E-state index in [4.69, 9.17) is 9.47 Å². The number of nitrogens with zero attached hydrogens (tertiary/aromatic N) is 1. The van der Waals surface area contributed by atoms with Crippen molar-refractivity contribution in [3.05, 3.63) is 58.1 Å². The lowest BCUT2D eigenvalue weighted by molar-refractivity contribution is 0.0955. The standard InChI is InChI=1S/C17H17BrN2O3/c1-11(15-9-8-14(22-2)10-16(15)23-3)19-20-17(21)12-4-6-13(18)7-5-12/h4-10H,1-3H3,(H,20,21)/b19-11+. The van der Waals surface area contributed by atoms with Gasteiger partial charge in [-0.05, 0) is 43.3 Å². The fraction of sp³-hybridized carbons (Fsp3) is 0.176. The molecular weight excluding hydrogens is 360 g/mol. The smallest absolute Gasteiger partial charge is 0.271 e. The highest BCUT2D eigenvalue weighted by atomic mass is 79.9. The van der Waals surface area contributed by atoms with Crippen LogP contribution in [0.25, 0.3) is 0 Å². The first-order valence-electron chi connectivity index (χ1n) is 6.87. The van der Waals surface area contributed by atoms with Crippen molar-refractivity contribution in [3.63, 3.8) is 0 Å². The second-order valence-electron chi connectivity index (χ2n) is 4.71.